The average molecular weight is 445 g/mol. The molecule has 174 valence electrons. The number of ether oxygens (including phenoxy) is 2. The van der Waals surface area contributed by atoms with Crippen molar-refractivity contribution >= 4 is 11.8 Å². The van der Waals surface area contributed by atoms with Crippen LogP contribution in [0.4, 0.5) is 18.0 Å². The summed E-state index contributed by atoms with van der Waals surface area (Å²) < 4.78 is 51.5. The van der Waals surface area contributed by atoms with E-state index >= 15 is 0 Å². The lowest BCUT2D eigenvalue weighted by Crippen LogP contribution is -2.36. The second-order valence-corrected chi connectivity index (χ2v) is 7.38. The Morgan fingerprint density at radius 3 is 2.55 bits per heavy atom. The molecule has 11 heteroatoms. The molecule has 1 aliphatic rings. The van der Waals surface area contributed by atoms with Gasteiger partial charge in [-0.05, 0) is 44.2 Å². The molecule has 0 spiro atoms. The lowest BCUT2D eigenvalue weighted by Gasteiger charge is -2.25. The van der Waals surface area contributed by atoms with Crippen molar-refractivity contribution in [2.24, 2.45) is 11.6 Å². The smallest absolute Gasteiger partial charge is 0.437 e. The van der Waals surface area contributed by atoms with Crippen molar-refractivity contribution < 1.29 is 27.4 Å². The molecule has 8 nitrogen and oxygen atoms in total. The van der Waals surface area contributed by atoms with Gasteiger partial charge in [-0.3, -0.25) is 0 Å². The van der Waals surface area contributed by atoms with Crippen LogP contribution < -0.4 is 21.6 Å². The van der Waals surface area contributed by atoms with Gasteiger partial charge in [-0.1, -0.05) is 13.3 Å². The van der Waals surface area contributed by atoms with Crippen LogP contribution in [0.25, 0.3) is 5.70 Å². The number of hydrogen-bond donors (Lipinski definition) is 3. The number of nitrogens with two attached hydrogens (primary N) is 2. The van der Waals surface area contributed by atoms with Gasteiger partial charge in [0.25, 0.3) is 0 Å². The van der Waals surface area contributed by atoms with Crippen LogP contribution >= 0.6 is 0 Å². The summed E-state index contributed by atoms with van der Waals surface area (Å²) in [6.45, 7) is 1.93. The number of amides is 1. The van der Waals surface area contributed by atoms with E-state index in [9.17, 15) is 18.0 Å². The normalized spacial score (nSPS) is 15.8. The third-order valence-corrected chi connectivity index (χ3v) is 4.82. The number of hydrazine groups is 1. The number of halogens is 3. The maximum atomic E-state index is 13.7. The maximum Gasteiger partial charge on any atom is 0.437 e. The summed E-state index contributed by atoms with van der Waals surface area (Å²) in [4.78, 5) is 15.4. The minimum Gasteiger partial charge on any atom is -0.488 e. The third kappa shape index (κ3) is 7.20. The summed E-state index contributed by atoms with van der Waals surface area (Å²) in [5.74, 6) is 5.45. The molecule has 1 aromatic heterocycles. The summed E-state index contributed by atoms with van der Waals surface area (Å²) in [5, 5.41) is 3.57. The molecule has 0 aliphatic heterocycles. The van der Waals surface area contributed by atoms with Crippen molar-refractivity contribution in [2.45, 2.75) is 57.7 Å². The van der Waals surface area contributed by atoms with Gasteiger partial charge < -0.3 is 25.5 Å². The van der Waals surface area contributed by atoms with Crippen LogP contribution in [0.2, 0.25) is 0 Å². The Bertz CT molecular complexity index is 778. The second kappa shape index (κ2) is 11.1. The number of carbonyl (C=O) groups excluding carboxylic acids is 1. The minimum absolute atomic E-state index is 0.101. The lowest BCUT2D eigenvalue weighted by molar-refractivity contribution is -0.143. The molecule has 0 aromatic carbocycles. The van der Waals surface area contributed by atoms with Gasteiger partial charge in [-0.25, -0.2) is 15.6 Å². The maximum absolute atomic E-state index is 13.7. The van der Waals surface area contributed by atoms with Gasteiger partial charge in [0.1, 0.15) is 0 Å². The SMILES string of the molecule is CCCOC(=O)NC/C(=C(/N)c1ccc(OC2CCCCC2)c(C(F)(F)F)n1)N(C)N. The Kier molecular flexibility index (Phi) is 8.78. The first-order valence-electron chi connectivity index (χ1n) is 10.3. The van der Waals surface area contributed by atoms with Crippen molar-refractivity contribution in [2.75, 3.05) is 20.2 Å². The van der Waals surface area contributed by atoms with Crippen LogP contribution in [-0.4, -0.2) is 42.4 Å². The van der Waals surface area contributed by atoms with E-state index in [0.717, 1.165) is 24.3 Å². The molecule has 1 aliphatic carbocycles. The van der Waals surface area contributed by atoms with Gasteiger partial charge in [0.2, 0.25) is 0 Å². The zero-order chi connectivity index (χ0) is 23.0. The van der Waals surface area contributed by atoms with E-state index in [1.807, 2.05) is 6.92 Å². The molecular weight excluding hydrogens is 415 g/mol. The largest absolute Gasteiger partial charge is 0.488 e. The number of nitrogens with one attached hydrogen (secondary N) is 1. The minimum atomic E-state index is -4.72. The summed E-state index contributed by atoms with van der Waals surface area (Å²) >= 11 is 0. The molecule has 5 N–H and O–H groups in total. The standard InChI is InChI=1S/C20H30F3N5O3/c1-3-11-30-19(29)26-12-15(28(2)25)17(24)14-9-10-16(18(27-14)20(21,22)23)31-13-7-5-4-6-8-13/h9-10,13H,3-8,11-12,24-25H2,1-2H3,(H,26,29)/b17-15-. The topological polar surface area (TPSA) is 116 Å². The fraction of sp³-hybridized carbons (Fsp3) is 0.600. The van der Waals surface area contributed by atoms with E-state index < -0.39 is 18.0 Å². The van der Waals surface area contributed by atoms with Crippen molar-refractivity contribution in [1.82, 2.24) is 15.3 Å². The third-order valence-electron chi connectivity index (χ3n) is 4.82. The van der Waals surface area contributed by atoms with Crippen LogP contribution in [0.3, 0.4) is 0 Å². The summed E-state index contributed by atoms with van der Waals surface area (Å²) in [6.07, 6.45) is -0.702. The Balaban J connectivity index is 2.29. The van der Waals surface area contributed by atoms with Crippen molar-refractivity contribution in [3.8, 4) is 5.75 Å². The van der Waals surface area contributed by atoms with Gasteiger partial charge in [-0.15, -0.1) is 0 Å². The highest BCUT2D eigenvalue weighted by Crippen LogP contribution is 2.37. The van der Waals surface area contributed by atoms with Crippen molar-refractivity contribution in [3.63, 3.8) is 0 Å². The molecular formula is C20H30F3N5O3. The second-order valence-electron chi connectivity index (χ2n) is 7.38. The van der Waals surface area contributed by atoms with Crippen LogP contribution in [0.1, 0.15) is 56.8 Å². The molecule has 1 heterocycles. The molecule has 1 amide bonds. The number of hydrogen-bond acceptors (Lipinski definition) is 7. The molecule has 31 heavy (non-hydrogen) atoms. The highest BCUT2D eigenvalue weighted by Gasteiger charge is 2.38. The molecule has 0 atom stereocenters. The first-order chi connectivity index (χ1) is 14.6. The highest BCUT2D eigenvalue weighted by molar-refractivity contribution is 5.69. The monoisotopic (exact) mass is 445 g/mol. The Morgan fingerprint density at radius 2 is 1.97 bits per heavy atom. The van der Waals surface area contributed by atoms with E-state index in [1.165, 1.54) is 19.2 Å². The number of aromatic nitrogens is 1. The molecule has 0 saturated heterocycles. The molecule has 0 radical (unpaired) electrons. The Hall–Kier alpha value is -2.69. The van der Waals surface area contributed by atoms with Gasteiger partial charge in [0, 0.05) is 7.05 Å². The zero-order valence-electron chi connectivity index (χ0n) is 17.8. The predicted molar refractivity (Wildman–Crippen MR) is 109 cm³/mol. The molecule has 1 fully saturated rings. The molecule has 0 unspecified atom stereocenters. The van der Waals surface area contributed by atoms with E-state index in [0.29, 0.717) is 19.3 Å². The van der Waals surface area contributed by atoms with E-state index in [1.54, 1.807) is 0 Å². The van der Waals surface area contributed by atoms with E-state index in [-0.39, 0.29) is 42.1 Å². The number of rotatable bonds is 8. The predicted octanol–water partition coefficient (Wildman–Crippen LogP) is 3.38. The van der Waals surface area contributed by atoms with Crippen LogP contribution in [0, 0.1) is 0 Å². The average Bonchev–Trinajstić information content (AvgIpc) is 2.72. The van der Waals surface area contributed by atoms with E-state index in [4.69, 9.17) is 21.1 Å². The van der Waals surface area contributed by atoms with Gasteiger partial charge >= 0.3 is 12.3 Å². The van der Waals surface area contributed by atoms with Gasteiger partial charge in [0.05, 0.1) is 36.3 Å². The molecule has 1 aromatic rings. The van der Waals surface area contributed by atoms with Crippen LogP contribution in [0.15, 0.2) is 17.8 Å². The van der Waals surface area contributed by atoms with Crippen LogP contribution in [0.5, 0.6) is 5.75 Å². The first-order valence-corrected chi connectivity index (χ1v) is 10.3. The Labute approximate surface area is 179 Å². The van der Waals surface area contributed by atoms with Gasteiger partial charge in [-0.2, -0.15) is 13.2 Å². The molecule has 1 saturated carbocycles. The van der Waals surface area contributed by atoms with Crippen LogP contribution in [-0.2, 0) is 10.9 Å². The fourth-order valence-corrected chi connectivity index (χ4v) is 3.22. The summed E-state index contributed by atoms with van der Waals surface area (Å²) in [7, 11) is 1.45. The van der Waals surface area contributed by atoms with Crippen molar-refractivity contribution in [3.05, 3.63) is 29.2 Å². The number of carbonyl (C=O) groups is 1. The fourth-order valence-electron chi connectivity index (χ4n) is 3.22. The summed E-state index contributed by atoms with van der Waals surface area (Å²) in [6, 6.07) is 2.57. The lowest BCUT2D eigenvalue weighted by atomic mass is 9.98. The quantitative estimate of drug-likeness (QED) is 0.415. The van der Waals surface area contributed by atoms with E-state index in [2.05, 4.69) is 10.3 Å². The number of pyridine rings is 1. The Morgan fingerprint density at radius 1 is 1.29 bits per heavy atom. The zero-order valence-corrected chi connectivity index (χ0v) is 17.8. The summed E-state index contributed by atoms with van der Waals surface area (Å²) in [5.41, 5.74) is 4.87. The molecule has 0 bridgehead atoms. The van der Waals surface area contributed by atoms with Crippen molar-refractivity contribution in [1.29, 1.82) is 0 Å². The molecule has 2 rings (SSSR count). The van der Waals surface area contributed by atoms with Gasteiger partial charge in [0.15, 0.2) is 11.4 Å². The number of alkyl carbamates (subject to hydrolysis) is 1. The highest BCUT2D eigenvalue weighted by atomic mass is 19.4. The first kappa shape index (κ1) is 24.6. The number of nitrogens with zero attached hydrogens (tertiary/aromatic N) is 2. The number of alkyl halides is 3. The number of likely N-dealkylation sites (N-methyl/N-ethyl adjacent to an activating group) is 1.